The maximum Gasteiger partial charge on any atom is 0.136 e. The molecule has 2 bridgehead atoms. The first-order valence-corrected chi connectivity index (χ1v) is 8.90. The van der Waals surface area contributed by atoms with Crippen LogP contribution in [0.4, 0.5) is 0 Å². The summed E-state index contributed by atoms with van der Waals surface area (Å²) in [6.07, 6.45) is 11.7. The Morgan fingerprint density at radius 2 is 1.75 bits per heavy atom. The predicted octanol–water partition coefficient (Wildman–Crippen LogP) is 4.99. The maximum atomic E-state index is 12.3. The Labute approximate surface area is 123 Å². The second-order valence-electron chi connectivity index (χ2n) is 9.48. The Balaban J connectivity index is 1.74. The average Bonchev–Trinajstić information content (AvgIpc) is 2.58. The van der Waals surface area contributed by atoms with Gasteiger partial charge in [0.05, 0.1) is 0 Å². The lowest BCUT2D eigenvalue weighted by atomic mass is 9.41. The number of hydrogen-bond acceptors (Lipinski definition) is 1. The molecule has 0 saturated heterocycles. The molecule has 0 radical (unpaired) electrons. The summed E-state index contributed by atoms with van der Waals surface area (Å²) < 4.78 is 0. The number of fused-ring (bicyclic) bond motifs is 3. The minimum atomic E-state index is 0.429. The van der Waals surface area contributed by atoms with Gasteiger partial charge in [-0.25, -0.2) is 0 Å². The quantitative estimate of drug-likeness (QED) is 0.608. The van der Waals surface area contributed by atoms with Crippen LogP contribution in [0.25, 0.3) is 0 Å². The molecule has 0 amide bonds. The molecule has 0 heterocycles. The Hall–Kier alpha value is -0.330. The zero-order valence-corrected chi connectivity index (χ0v) is 13.5. The summed E-state index contributed by atoms with van der Waals surface area (Å²) in [5.41, 5.74) is 1.47. The smallest absolute Gasteiger partial charge is 0.136 e. The van der Waals surface area contributed by atoms with Gasteiger partial charge in [-0.05, 0) is 73.0 Å². The van der Waals surface area contributed by atoms with Gasteiger partial charge in [0.1, 0.15) is 5.78 Å². The van der Waals surface area contributed by atoms with Crippen molar-refractivity contribution in [3.63, 3.8) is 0 Å². The molecule has 1 spiro atoms. The third-order valence-electron chi connectivity index (χ3n) is 8.18. The van der Waals surface area contributed by atoms with Crippen molar-refractivity contribution in [3.8, 4) is 0 Å². The van der Waals surface area contributed by atoms with Gasteiger partial charge in [0.2, 0.25) is 0 Å². The normalized spacial score (nSPS) is 53.4. The van der Waals surface area contributed by atoms with Crippen molar-refractivity contribution >= 4 is 5.78 Å². The van der Waals surface area contributed by atoms with Gasteiger partial charge in [-0.2, -0.15) is 0 Å². The highest BCUT2D eigenvalue weighted by Crippen LogP contribution is 2.70. The zero-order chi connectivity index (χ0) is 14.2. The lowest BCUT2D eigenvalue weighted by Crippen LogP contribution is -2.55. The first-order chi connectivity index (χ1) is 9.37. The lowest BCUT2D eigenvalue weighted by molar-refractivity contribution is -0.144. The van der Waals surface area contributed by atoms with Crippen molar-refractivity contribution in [2.75, 3.05) is 0 Å². The molecule has 0 aromatic rings. The summed E-state index contributed by atoms with van der Waals surface area (Å²) in [6.45, 7) is 7.63. The highest BCUT2D eigenvalue weighted by Gasteiger charge is 2.63. The minimum Gasteiger partial charge on any atom is -0.299 e. The fraction of sp³-hybridized carbons (Fsp3) is 0.947. The molecule has 4 aliphatic carbocycles. The maximum absolute atomic E-state index is 12.3. The average molecular weight is 274 g/mol. The predicted molar refractivity (Wildman–Crippen MR) is 81.4 cm³/mol. The van der Waals surface area contributed by atoms with Crippen LogP contribution in [0, 0.1) is 34.0 Å². The summed E-state index contributed by atoms with van der Waals surface area (Å²) in [5.74, 6) is 2.80. The van der Waals surface area contributed by atoms with Crippen LogP contribution in [0.3, 0.4) is 0 Å². The van der Waals surface area contributed by atoms with Crippen LogP contribution in [0.5, 0.6) is 0 Å². The van der Waals surface area contributed by atoms with Gasteiger partial charge in [-0.3, -0.25) is 4.79 Å². The van der Waals surface area contributed by atoms with E-state index < -0.39 is 0 Å². The van der Waals surface area contributed by atoms with E-state index in [0.29, 0.717) is 27.9 Å². The second-order valence-corrected chi connectivity index (χ2v) is 9.48. The second kappa shape index (κ2) is 3.90. The SMILES string of the molecule is CC1(C)CCC[C@]2(C)[C@@H]1CCC13CC(=O)C(CC[C@H]12)C3. The Morgan fingerprint density at radius 1 is 0.950 bits per heavy atom. The summed E-state index contributed by atoms with van der Waals surface area (Å²) in [5, 5.41) is 0. The van der Waals surface area contributed by atoms with Gasteiger partial charge in [-0.1, -0.05) is 27.2 Å². The van der Waals surface area contributed by atoms with Crippen molar-refractivity contribution in [3.05, 3.63) is 0 Å². The van der Waals surface area contributed by atoms with Crippen molar-refractivity contribution in [1.82, 2.24) is 0 Å². The van der Waals surface area contributed by atoms with Crippen molar-refractivity contribution in [2.45, 2.75) is 78.6 Å². The van der Waals surface area contributed by atoms with Crippen molar-refractivity contribution in [1.29, 1.82) is 0 Å². The van der Waals surface area contributed by atoms with Gasteiger partial charge in [0.15, 0.2) is 0 Å². The van der Waals surface area contributed by atoms with E-state index >= 15 is 0 Å². The van der Waals surface area contributed by atoms with E-state index in [0.717, 1.165) is 18.3 Å². The molecule has 2 unspecified atom stereocenters. The highest BCUT2D eigenvalue weighted by molar-refractivity contribution is 5.84. The molecular weight excluding hydrogens is 244 g/mol. The first kappa shape index (κ1) is 13.3. The number of Topliss-reactive ketones (excluding diaryl/α,β-unsaturated/α-hetero) is 1. The number of rotatable bonds is 0. The van der Waals surface area contributed by atoms with E-state index in [1.807, 2.05) is 0 Å². The summed E-state index contributed by atoms with van der Waals surface area (Å²) in [7, 11) is 0. The molecule has 4 rings (SSSR count). The molecule has 4 aliphatic rings. The largest absolute Gasteiger partial charge is 0.299 e. The topological polar surface area (TPSA) is 17.1 Å². The lowest BCUT2D eigenvalue weighted by Gasteiger charge is -2.63. The number of ketones is 1. The van der Waals surface area contributed by atoms with Crippen molar-refractivity contribution < 1.29 is 4.79 Å². The molecule has 0 N–H and O–H groups in total. The Morgan fingerprint density at radius 3 is 2.55 bits per heavy atom. The van der Waals surface area contributed by atoms with Gasteiger partial charge >= 0.3 is 0 Å². The first-order valence-electron chi connectivity index (χ1n) is 8.90. The van der Waals surface area contributed by atoms with E-state index in [1.165, 1.54) is 51.4 Å². The fourth-order valence-corrected chi connectivity index (χ4v) is 7.50. The van der Waals surface area contributed by atoms with E-state index in [9.17, 15) is 4.79 Å². The molecule has 4 fully saturated rings. The van der Waals surface area contributed by atoms with E-state index in [4.69, 9.17) is 0 Å². The number of hydrogen-bond donors (Lipinski definition) is 0. The molecule has 0 aliphatic heterocycles. The van der Waals surface area contributed by atoms with Crippen LogP contribution in [-0.4, -0.2) is 5.78 Å². The summed E-state index contributed by atoms with van der Waals surface area (Å²) >= 11 is 0. The molecule has 0 aromatic heterocycles. The standard InChI is InChI=1S/C19H30O/c1-17(2)8-4-9-18(3)15(17)7-10-19-11-13(14(20)12-19)5-6-16(18)19/h13,15-16H,4-12H2,1-3H3/t13?,15-,16+,18-,19?/m1/s1. The van der Waals surface area contributed by atoms with Crippen molar-refractivity contribution in [2.24, 2.45) is 34.0 Å². The molecule has 112 valence electrons. The third kappa shape index (κ3) is 1.53. The van der Waals surface area contributed by atoms with Gasteiger partial charge in [0, 0.05) is 12.3 Å². The Kier molecular flexibility index (Phi) is 2.60. The van der Waals surface area contributed by atoms with Crippen LogP contribution in [0.1, 0.15) is 78.6 Å². The van der Waals surface area contributed by atoms with Crippen LogP contribution in [-0.2, 0) is 4.79 Å². The molecule has 0 aromatic carbocycles. The van der Waals surface area contributed by atoms with E-state index in [1.54, 1.807) is 0 Å². The van der Waals surface area contributed by atoms with Gasteiger partial charge in [-0.15, -0.1) is 0 Å². The number of carbonyl (C=O) groups is 1. The minimum absolute atomic E-state index is 0.429. The molecule has 4 saturated carbocycles. The zero-order valence-electron chi connectivity index (χ0n) is 13.5. The summed E-state index contributed by atoms with van der Waals surface area (Å²) in [6, 6.07) is 0. The molecule has 1 nitrogen and oxygen atoms in total. The van der Waals surface area contributed by atoms with Crippen LogP contribution in [0.15, 0.2) is 0 Å². The summed E-state index contributed by atoms with van der Waals surface area (Å²) in [4.78, 5) is 12.3. The number of carbonyl (C=O) groups excluding carboxylic acids is 1. The monoisotopic (exact) mass is 274 g/mol. The molecule has 1 heteroatoms. The van der Waals surface area contributed by atoms with Gasteiger partial charge < -0.3 is 0 Å². The third-order valence-corrected chi connectivity index (χ3v) is 8.18. The molecular formula is C19H30O. The highest BCUT2D eigenvalue weighted by atomic mass is 16.1. The van der Waals surface area contributed by atoms with Crippen LogP contribution in [0.2, 0.25) is 0 Å². The van der Waals surface area contributed by atoms with Crippen LogP contribution < -0.4 is 0 Å². The van der Waals surface area contributed by atoms with E-state index in [-0.39, 0.29) is 0 Å². The van der Waals surface area contributed by atoms with Gasteiger partial charge in [0.25, 0.3) is 0 Å². The molecule has 5 atom stereocenters. The Bertz CT molecular complexity index is 451. The van der Waals surface area contributed by atoms with Crippen LogP contribution >= 0.6 is 0 Å². The fourth-order valence-electron chi connectivity index (χ4n) is 7.50. The van der Waals surface area contributed by atoms with E-state index in [2.05, 4.69) is 20.8 Å². The molecule has 20 heavy (non-hydrogen) atoms.